The molecule has 136 valence electrons. The number of benzene rings is 2. The first kappa shape index (κ1) is 19.1. The van der Waals surface area contributed by atoms with Gasteiger partial charge in [-0.1, -0.05) is 24.3 Å². The van der Waals surface area contributed by atoms with Gasteiger partial charge in [0.25, 0.3) is 5.91 Å². The lowest BCUT2D eigenvalue weighted by molar-refractivity contribution is -0.148. The van der Waals surface area contributed by atoms with Crippen LogP contribution in [0.15, 0.2) is 54.6 Å². The van der Waals surface area contributed by atoms with Gasteiger partial charge in [0, 0.05) is 6.08 Å². The standard InChI is InChI=1S/C20H21NO5/c1-14(20(23)21-17-6-4-5-7-18(17)25-3)26-19(22)13-10-15-8-11-16(24-2)12-9-15/h4-14H,1-3H3,(H,21,23)/b13-10+/t14-/m1/s1. The van der Waals surface area contributed by atoms with E-state index in [1.165, 1.54) is 20.1 Å². The molecule has 2 rings (SSSR count). The van der Waals surface area contributed by atoms with E-state index in [0.717, 1.165) is 11.3 Å². The van der Waals surface area contributed by atoms with E-state index in [1.54, 1.807) is 61.7 Å². The molecule has 2 aromatic rings. The van der Waals surface area contributed by atoms with Crippen LogP contribution in [0.1, 0.15) is 12.5 Å². The third kappa shape index (κ3) is 5.37. The zero-order chi connectivity index (χ0) is 18.9. The molecule has 0 saturated heterocycles. The molecule has 1 atom stereocenters. The van der Waals surface area contributed by atoms with Gasteiger partial charge in [-0.05, 0) is 42.8 Å². The monoisotopic (exact) mass is 355 g/mol. The Labute approximate surface area is 152 Å². The maximum absolute atomic E-state index is 12.2. The Bertz CT molecular complexity index is 783. The molecule has 6 heteroatoms. The molecule has 0 heterocycles. The van der Waals surface area contributed by atoms with Crippen LogP contribution in [0.25, 0.3) is 6.08 Å². The van der Waals surface area contributed by atoms with Gasteiger partial charge in [0.05, 0.1) is 19.9 Å². The Morgan fingerprint density at radius 2 is 1.69 bits per heavy atom. The molecule has 0 aromatic heterocycles. The van der Waals surface area contributed by atoms with Crippen LogP contribution in [-0.4, -0.2) is 32.2 Å². The number of esters is 1. The Morgan fingerprint density at radius 3 is 2.35 bits per heavy atom. The predicted molar refractivity (Wildman–Crippen MR) is 99.2 cm³/mol. The van der Waals surface area contributed by atoms with Crippen molar-refractivity contribution in [3.05, 3.63) is 60.2 Å². The highest BCUT2D eigenvalue weighted by molar-refractivity contribution is 5.97. The molecule has 0 radical (unpaired) electrons. The second-order valence-electron chi connectivity index (χ2n) is 5.38. The van der Waals surface area contributed by atoms with Crippen LogP contribution < -0.4 is 14.8 Å². The van der Waals surface area contributed by atoms with Crippen LogP contribution in [0.4, 0.5) is 5.69 Å². The average molecular weight is 355 g/mol. The van der Waals surface area contributed by atoms with Gasteiger partial charge in [-0.25, -0.2) is 4.79 Å². The summed E-state index contributed by atoms with van der Waals surface area (Å²) in [6, 6.07) is 14.2. The molecule has 0 aliphatic rings. The largest absolute Gasteiger partial charge is 0.497 e. The summed E-state index contributed by atoms with van der Waals surface area (Å²) in [5.74, 6) is 0.203. The van der Waals surface area contributed by atoms with Gasteiger partial charge in [0.1, 0.15) is 11.5 Å². The molecule has 1 amide bonds. The highest BCUT2D eigenvalue weighted by atomic mass is 16.5. The fraction of sp³-hybridized carbons (Fsp3) is 0.200. The molecular formula is C20H21NO5. The summed E-state index contributed by atoms with van der Waals surface area (Å²) in [6.07, 6.45) is 1.93. The van der Waals surface area contributed by atoms with E-state index in [0.29, 0.717) is 11.4 Å². The summed E-state index contributed by atoms with van der Waals surface area (Å²) in [4.78, 5) is 24.1. The topological polar surface area (TPSA) is 73.9 Å². The van der Waals surface area contributed by atoms with Crippen molar-refractivity contribution >= 4 is 23.6 Å². The molecule has 0 bridgehead atoms. The normalized spacial score (nSPS) is 11.7. The number of hydrogen-bond donors (Lipinski definition) is 1. The third-order valence-electron chi connectivity index (χ3n) is 3.55. The highest BCUT2D eigenvalue weighted by Gasteiger charge is 2.18. The maximum atomic E-state index is 12.2. The Hall–Kier alpha value is -3.28. The van der Waals surface area contributed by atoms with Crippen LogP contribution in [0, 0.1) is 0 Å². The zero-order valence-electron chi connectivity index (χ0n) is 14.9. The molecule has 1 N–H and O–H groups in total. The molecule has 0 saturated carbocycles. The Morgan fingerprint density at radius 1 is 1.00 bits per heavy atom. The summed E-state index contributed by atoms with van der Waals surface area (Å²) >= 11 is 0. The van der Waals surface area contributed by atoms with Gasteiger partial charge < -0.3 is 19.5 Å². The van der Waals surface area contributed by atoms with E-state index in [9.17, 15) is 9.59 Å². The molecule has 0 fully saturated rings. The summed E-state index contributed by atoms with van der Waals surface area (Å²) < 4.78 is 15.4. The number of hydrogen-bond acceptors (Lipinski definition) is 5. The van der Waals surface area contributed by atoms with Crippen LogP contribution >= 0.6 is 0 Å². The molecular weight excluding hydrogens is 334 g/mol. The van der Waals surface area contributed by atoms with Gasteiger partial charge >= 0.3 is 5.97 Å². The van der Waals surface area contributed by atoms with E-state index in [4.69, 9.17) is 14.2 Å². The molecule has 2 aromatic carbocycles. The van der Waals surface area contributed by atoms with E-state index in [2.05, 4.69) is 5.32 Å². The van der Waals surface area contributed by atoms with E-state index in [1.807, 2.05) is 0 Å². The van der Waals surface area contributed by atoms with Crippen LogP contribution in [-0.2, 0) is 14.3 Å². The first-order valence-corrected chi connectivity index (χ1v) is 8.00. The molecule has 0 unspecified atom stereocenters. The minimum absolute atomic E-state index is 0.444. The van der Waals surface area contributed by atoms with Crippen LogP contribution in [0.2, 0.25) is 0 Å². The van der Waals surface area contributed by atoms with E-state index < -0.39 is 18.0 Å². The molecule has 0 aliphatic carbocycles. The second kappa shape index (κ2) is 9.27. The number of rotatable bonds is 7. The van der Waals surface area contributed by atoms with Crippen LogP contribution in [0.5, 0.6) is 11.5 Å². The van der Waals surface area contributed by atoms with E-state index >= 15 is 0 Å². The van der Waals surface area contributed by atoms with Gasteiger partial charge in [-0.2, -0.15) is 0 Å². The van der Waals surface area contributed by atoms with Gasteiger partial charge in [0.2, 0.25) is 0 Å². The number of carbonyl (C=O) groups is 2. The fourth-order valence-corrected chi connectivity index (χ4v) is 2.13. The Kier molecular flexibility index (Phi) is 6.79. The van der Waals surface area contributed by atoms with Gasteiger partial charge in [-0.3, -0.25) is 4.79 Å². The predicted octanol–water partition coefficient (Wildman–Crippen LogP) is 3.29. The van der Waals surface area contributed by atoms with Crippen LogP contribution in [0.3, 0.4) is 0 Å². The maximum Gasteiger partial charge on any atom is 0.331 e. The number of nitrogens with one attached hydrogen (secondary N) is 1. The molecule has 0 spiro atoms. The number of anilines is 1. The number of para-hydroxylation sites is 2. The highest BCUT2D eigenvalue weighted by Crippen LogP contribution is 2.23. The van der Waals surface area contributed by atoms with Crippen molar-refractivity contribution in [2.75, 3.05) is 19.5 Å². The smallest absolute Gasteiger partial charge is 0.331 e. The summed E-state index contributed by atoms with van der Waals surface area (Å²) in [5, 5.41) is 2.67. The van der Waals surface area contributed by atoms with Gasteiger partial charge in [0.15, 0.2) is 6.10 Å². The third-order valence-corrected chi connectivity index (χ3v) is 3.55. The molecule has 0 aliphatic heterocycles. The average Bonchev–Trinajstić information content (AvgIpc) is 2.67. The van der Waals surface area contributed by atoms with E-state index in [-0.39, 0.29) is 0 Å². The van der Waals surface area contributed by atoms with Crippen molar-refractivity contribution in [1.29, 1.82) is 0 Å². The first-order chi connectivity index (χ1) is 12.5. The summed E-state index contributed by atoms with van der Waals surface area (Å²) in [7, 11) is 3.10. The summed E-state index contributed by atoms with van der Waals surface area (Å²) in [5.41, 5.74) is 1.32. The summed E-state index contributed by atoms with van der Waals surface area (Å²) in [6.45, 7) is 1.50. The van der Waals surface area contributed by atoms with Crippen molar-refractivity contribution < 1.29 is 23.8 Å². The quantitative estimate of drug-likeness (QED) is 0.609. The number of methoxy groups -OCH3 is 2. The SMILES string of the molecule is COc1ccc(/C=C/C(=O)O[C@H](C)C(=O)Nc2ccccc2OC)cc1. The van der Waals surface area contributed by atoms with Crippen molar-refractivity contribution in [1.82, 2.24) is 0 Å². The van der Waals surface area contributed by atoms with Crippen molar-refractivity contribution in [2.45, 2.75) is 13.0 Å². The fourth-order valence-electron chi connectivity index (χ4n) is 2.13. The molecule has 26 heavy (non-hydrogen) atoms. The lowest BCUT2D eigenvalue weighted by atomic mass is 10.2. The minimum Gasteiger partial charge on any atom is -0.497 e. The molecule has 6 nitrogen and oxygen atoms in total. The van der Waals surface area contributed by atoms with Crippen molar-refractivity contribution in [2.24, 2.45) is 0 Å². The second-order valence-corrected chi connectivity index (χ2v) is 5.38. The zero-order valence-corrected chi connectivity index (χ0v) is 14.9. The van der Waals surface area contributed by atoms with Crippen molar-refractivity contribution in [3.63, 3.8) is 0 Å². The Balaban J connectivity index is 1.90. The number of amides is 1. The van der Waals surface area contributed by atoms with Gasteiger partial charge in [-0.15, -0.1) is 0 Å². The van der Waals surface area contributed by atoms with Crippen molar-refractivity contribution in [3.8, 4) is 11.5 Å². The minimum atomic E-state index is -0.951. The number of ether oxygens (including phenoxy) is 3. The lowest BCUT2D eigenvalue weighted by Crippen LogP contribution is -2.29. The number of carbonyl (C=O) groups excluding carboxylic acids is 2. The lowest BCUT2D eigenvalue weighted by Gasteiger charge is -2.14. The first-order valence-electron chi connectivity index (χ1n) is 8.00.